The molecule has 0 radical (unpaired) electrons. The van der Waals surface area contributed by atoms with Crippen molar-refractivity contribution in [3.63, 3.8) is 0 Å². The molecular weight excluding hydrogens is 186 g/mol. The molecule has 2 fully saturated rings. The maximum Gasteiger partial charge on any atom is 0.0719 e. The molecule has 0 saturated carbocycles. The van der Waals surface area contributed by atoms with E-state index in [4.69, 9.17) is 4.74 Å². The minimum Gasteiger partial charge on any atom is -0.377 e. The van der Waals surface area contributed by atoms with Crippen molar-refractivity contribution in [2.24, 2.45) is 5.92 Å². The van der Waals surface area contributed by atoms with Crippen LogP contribution in [0, 0.1) is 5.92 Å². The van der Waals surface area contributed by atoms with E-state index < -0.39 is 0 Å². The summed E-state index contributed by atoms with van der Waals surface area (Å²) >= 11 is 0. The first-order valence-corrected chi connectivity index (χ1v) is 6.53. The van der Waals surface area contributed by atoms with Crippen molar-refractivity contribution in [1.29, 1.82) is 0 Å². The van der Waals surface area contributed by atoms with Gasteiger partial charge in [0.1, 0.15) is 0 Å². The van der Waals surface area contributed by atoms with Crippen LogP contribution in [0.3, 0.4) is 0 Å². The number of fused-ring (bicyclic) bond motifs is 1. The van der Waals surface area contributed by atoms with Crippen LogP contribution in [0.15, 0.2) is 0 Å². The Bertz CT molecular complexity index is 217. The number of rotatable bonds is 4. The number of hydrogen-bond donors (Lipinski definition) is 0. The molecule has 2 aliphatic heterocycles. The predicted molar refractivity (Wildman–Crippen MR) is 63.0 cm³/mol. The van der Waals surface area contributed by atoms with Crippen LogP contribution in [-0.2, 0) is 4.74 Å². The monoisotopic (exact) mass is 211 g/mol. The third kappa shape index (κ3) is 2.21. The Morgan fingerprint density at radius 3 is 2.93 bits per heavy atom. The van der Waals surface area contributed by atoms with E-state index in [-0.39, 0.29) is 0 Å². The molecule has 2 heterocycles. The van der Waals surface area contributed by atoms with Gasteiger partial charge in [-0.25, -0.2) is 0 Å². The highest BCUT2D eigenvalue weighted by molar-refractivity contribution is 5.04. The number of ether oxygens (including phenoxy) is 1. The summed E-state index contributed by atoms with van der Waals surface area (Å²) < 4.78 is 5.80. The molecule has 0 amide bonds. The summed E-state index contributed by atoms with van der Waals surface area (Å²) in [5, 5.41) is 0. The van der Waals surface area contributed by atoms with Crippen LogP contribution >= 0.6 is 0 Å². The second-order valence-corrected chi connectivity index (χ2v) is 5.65. The first-order valence-electron chi connectivity index (χ1n) is 6.53. The highest BCUT2D eigenvalue weighted by atomic mass is 16.5. The van der Waals surface area contributed by atoms with Crippen LogP contribution in [0.4, 0.5) is 0 Å². The summed E-state index contributed by atoms with van der Waals surface area (Å²) in [6.45, 7) is 10.2. The molecule has 0 aliphatic carbocycles. The Hall–Kier alpha value is -0.0800. The van der Waals surface area contributed by atoms with Gasteiger partial charge in [-0.15, -0.1) is 0 Å². The maximum absolute atomic E-state index is 5.80. The van der Waals surface area contributed by atoms with Crippen LogP contribution in [0.25, 0.3) is 0 Å². The van der Waals surface area contributed by atoms with Crippen molar-refractivity contribution in [2.75, 3.05) is 19.7 Å². The average molecular weight is 211 g/mol. The molecule has 2 heteroatoms. The van der Waals surface area contributed by atoms with E-state index in [2.05, 4.69) is 25.7 Å². The Morgan fingerprint density at radius 1 is 1.47 bits per heavy atom. The van der Waals surface area contributed by atoms with Crippen LogP contribution in [0.2, 0.25) is 0 Å². The lowest BCUT2D eigenvalue weighted by Gasteiger charge is -2.33. The van der Waals surface area contributed by atoms with Crippen molar-refractivity contribution < 1.29 is 4.74 Å². The van der Waals surface area contributed by atoms with Gasteiger partial charge in [0.05, 0.1) is 6.10 Å². The van der Waals surface area contributed by atoms with Gasteiger partial charge in [-0.2, -0.15) is 0 Å². The van der Waals surface area contributed by atoms with Gasteiger partial charge in [-0.1, -0.05) is 13.8 Å². The highest BCUT2D eigenvalue weighted by Crippen LogP contribution is 2.43. The summed E-state index contributed by atoms with van der Waals surface area (Å²) in [6.07, 6.45) is 5.93. The van der Waals surface area contributed by atoms with E-state index in [0.717, 1.165) is 12.5 Å². The van der Waals surface area contributed by atoms with Crippen molar-refractivity contribution in [2.45, 2.75) is 58.1 Å². The minimum atomic E-state index is 0.508. The zero-order valence-corrected chi connectivity index (χ0v) is 10.5. The molecule has 0 aromatic heterocycles. The van der Waals surface area contributed by atoms with Crippen LogP contribution in [0.1, 0.15) is 46.5 Å². The molecule has 2 unspecified atom stereocenters. The fourth-order valence-corrected chi connectivity index (χ4v) is 3.67. The van der Waals surface area contributed by atoms with Gasteiger partial charge in [-0.3, -0.25) is 4.90 Å². The summed E-state index contributed by atoms with van der Waals surface area (Å²) in [5.41, 5.74) is 0.508. The summed E-state index contributed by atoms with van der Waals surface area (Å²) in [5.74, 6) is 0.811. The van der Waals surface area contributed by atoms with Gasteiger partial charge >= 0.3 is 0 Å². The fraction of sp³-hybridized carbons (Fsp3) is 1.00. The maximum atomic E-state index is 5.80. The van der Waals surface area contributed by atoms with E-state index in [1.807, 2.05) is 0 Å². The van der Waals surface area contributed by atoms with Crippen molar-refractivity contribution in [1.82, 2.24) is 4.90 Å². The largest absolute Gasteiger partial charge is 0.377 e. The Labute approximate surface area is 94.0 Å². The lowest BCUT2D eigenvalue weighted by Crippen LogP contribution is -2.39. The third-order valence-corrected chi connectivity index (χ3v) is 3.96. The molecule has 2 rings (SSSR count). The van der Waals surface area contributed by atoms with E-state index in [9.17, 15) is 0 Å². The van der Waals surface area contributed by atoms with Gasteiger partial charge in [0.2, 0.25) is 0 Å². The van der Waals surface area contributed by atoms with Crippen molar-refractivity contribution >= 4 is 0 Å². The molecule has 0 N–H and O–H groups in total. The second-order valence-electron chi connectivity index (χ2n) is 5.65. The molecule has 88 valence electrons. The van der Waals surface area contributed by atoms with E-state index in [1.54, 1.807) is 0 Å². The van der Waals surface area contributed by atoms with E-state index >= 15 is 0 Å². The smallest absolute Gasteiger partial charge is 0.0719 e. The molecule has 0 aromatic rings. The van der Waals surface area contributed by atoms with Gasteiger partial charge in [0.25, 0.3) is 0 Å². The average Bonchev–Trinajstić information content (AvgIpc) is 2.59. The zero-order chi connectivity index (χ0) is 10.9. The van der Waals surface area contributed by atoms with Crippen LogP contribution in [-0.4, -0.2) is 36.2 Å². The molecular formula is C13H25NO. The number of hydrogen-bond acceptors (Lipinski definition) is 2. The normalized spacial score (nSPS) is 36.4. The van der Waals surface area contributed by atoms with E-state index in [1.165, 1.54) is 38.8 Å². The predicted octanol–water partition coefficient (Wildman–Crippen LogP) is 2.68. The van der Waals surface area contributed by atoms with Gasteiger partial charge in [0, 0.05) is 18.7 Å². The second kappa shape index (κ2) is 4.42. The van der Waals surface area contributed by atoms with Gasteiger partial charge < -0.3 is 4.74 Å². The van der Waals surface area contributed by atoms with Crippen molar-refractivity contribution in [3.8, 4) is 0 Å². The first kappa shape index (κ1) is 11.4. The molecule has 0 aromatic carbocycles. The molecule has 2 aliphatic rings. The Balaban J connectivity index is 2.01. The lowest BCUT2D eigenvalue weighted by atomic mass is 9.85. The van der Waals surface area contributed by atoms with Gasteiger partial charge in [-0.05, 0) is 45.1 Å². The topological polar surface area (TPSA) is 12.5 Å². The molecule has 0 spiro atoms. The fourth-order valence-electron chi connectivity index (χ4n) is 3.67. The Morgan fingerprint density at radius 2 is 2.27 bits per heavy atom. The summed E-state index contributed by atoms with van der Waals surface area (Å²) in [7, 11) is 0. The first-order chi connectivity index (χ1) is 7.16. The van der Waals surface area contributed by atoms with Crippen LogP contribution in [0.5, 0.6) is 0 Å². The van der Waals surface area contributed by atoms with Gasteiger partial charge in [0.15, 0.2) is 0 Å². The van der Waals surface area contributed by atoms with Crippen molar-refractivity contribution in [3.05, 3.63) is 0 Å². The van der Waals surface area contributed by atoms with Crippen LogP contribution < -0.4 is 0 Å². The SMILES string of the molecule is CCOC1CN2CCCC2(CC(C)C)C1. The highest BCUT2D eigenvalue weighted by Gasteiger charge is 2.48. The molecule has 15 heavy (non-hydrogen) atoms. The molecule has 2 atom stereocenters. The molecule has 0 bridgehead atoms. The summed E-state index contributed by atoms with van der Waals surface area (Å²) in [6, 6.07) is 0. The number of nitrogens with zero attached hydrogens (tertiary/aromatic N) is 1. The summed E-state index contributed by atoms with van der Waals surface area (Å²) in [4.78, 5) is 2.70. The Kier molecular flexibility index (Phi) is 3.36. The molecule has 2 saturated heterocycles. The minimum absolute atomic E-state index is 0.508. The lowest BCUT2D eigenvalue weighted by molar-refractivity contribution is 0.0673. The molecule has 2 nitrogen and oxygen atoms in total. The zero-order valence-electron chi connectivity index (χ0n) is 10.5. The van der Waals surface area contributed by atoms with E-state index in [0.29, 0.717) is 11.6 Å². The third-order valence-electron chi connectivity index (χ3n) is 3.96. The standard InChI is InChI=1S/C13H25NO/c1-4-15-12-9-13(8-11(2)3)6-5-7-14(13)10-12/h11-12H,4-10H2,1-3H3. The quantitative estimate of drug-likeness (QED) is 0.709.